The van der Waals surface area contributed by atoms with E-state index in [0.717, 1.165) is 11.0 Å². The number of para-hydroxylation sites is 2. The number of hydrogen-bond donors (Lipinski definition) is 1. The van der Waals surface area contributed by atoms with E-state index in [2.05, 4.69) is 4.98 Å². The third-order valence-corrected chi connectivity index (χ3v) is 3.52. The number of aryl methyl sites for hydroxylation is 1. The highest BCUT2D eigenvalue weighted by Crippen LogP contribution is 2.09. The molecule has 0 aliphatic rings. The minimum atomic E-state index is -0.503. The van der Waals surface area contributed by atoms with Crippen molar-refractivity contribution in [2.75, 3.05) is 6.61 Å². The minimum Gasteiger partial charge on any atom is -0.462 e. The van der Waals surface area contributed by atoms with Gasteiger partial charge in [0.1, 0.15) is 5.82 Å². The number of fused-ring (bicyclic) bond motifs is 1. The normalized spacial score (nSPS) is 10.8. The van der Waals surface area contributed by atoms with Crippen LogP contribution in [0.4, 0.5) is 4.39 Å². The second-order valence-corrected chi connectivity index (χ2v) is 5.10. The molecule has 3 rings (SSSR count). The van der Waals surface area contributed by atoms with Crippen LogP contribution in [0.5, 0.6) is 0 Å². The van der Waals surface area contributed by atoms with E-state index in [1.165, 1.54) is 24.3 Å². The lowest BCUT2D eigenvalue weighted by atomic mass is 10.2. The van der Waals surface area contributed by atoms with Crippen LogP contribution in [0.2, 0.25) is 0 Å². The maximum absolute atomic E-state index is 12.8. The standard InChI is InChI=1S/C17H15FN2O3/c18-13-8-6-12(7-9-13)16(21)23-11-3-10-20-15-5-2-1-4-14(15)19-17(20)22/h1-2,4-9H,3,10-11H2,(H,19,22). The summed E-state index contributed by atoms with van der Waals surface area (Å²) in [6.07, 6.45) is 0.509. The van der Waals surface area contributed by atoms with Crippen molar-refractivity contribution in [3.05, 3.63) is 70.4 Å². The second kappa shape index (κ2) is 6.48. The molecule has 0 unspecified atom stereocenters. The molecule has 23 heavy (non-hydrogen) atoms. The van der Waals surface area contributed by atoms with E-state index < -0.39 is 11.8 Å². The fourth-order valence-corrected chi connectivity index (χ4v) is 2.39. The van der Waals surface area contributed by atoms with Gasteiger partial charge in [-0.05, 0) is 42.8 Å². The molecule has 0 bridgehead atoms. The fraction of sp³-hybridized carbons (Fsp3) is 0.176. The summed E-state index contributed by atoms with van der Waals surface area (Å²) in [6, 6.07) is 12.6. The molecule has 0 saturated heterocycles. The van der Waals surface area contributed by atoms with Crippen molar-refractivity contribution in [3.8, 4) is 0 Å². The molecule has 1 aromatic heterocycles. The Morgan fingerprint density at radius 1 is 1.13 bits per heavy atom. The number of benzene rings is 2. The molecule has 0 radical (unpaired) electrons. The zero-order chi connectivity index (χ0) is 16.2. The lowest BCUT2D eigenvalue weighted by Gasteiger charge is -2.06. The number of ether oxygens (including phenoxy) is 1. The van der Waals surface area contributed by atoms with Crippen LogP contribution in [0.15, 0.2) is 53.3 Å². The zero-order valence-electron chi connectivity index (χ0n) is 12.3. The molecule has 0 saturated carbocycles. The lowest BCUT2D eigenvalue weighted by Crippen LogP contribution is -2.18. The molecule has 5 nitrogen and oxygen atoms in total. The van der Waals surface area contributed by atoms with Gasteiger partial charge in [-0.25, -0.2) is 14.0 Å². The van der Waals surface area contributed by atoms with Crippen LogP contribution in [0, 0.1) is 5.82 Å². The van der Waals surface area contributed by atoms with Crippen LogP contribution in [0.3, 0.4) is 0 Å². The number of nitrogens with zero attached hydrogens (tertiary/aromatic N) is 1. The maximum atomic E-state index is 12.8. The summed E-state index contributed by atoms with van der Waals surface area (Å²) in [5, 5.41) is 0. The largest absolute Gasteiger partial charge is 0.462 e. The Bertz CT molecular complexity index is 881. The lowest BCUT2D eigenvalue weighted by molar-refractivity contribution is 0.0496. The van der Waals surface area contributed by atoms with Gasteiger partial charge in [0.2, 0.25) is 0 Å². The number of H-pyrrole nitrogens is 1. The number of hydrogen-bond acceptors (Lipinski definition) is 3. The van der Waals surface area contributed by atoms with Gasteiger partial charge in [0.25, 0.3) is 0 Å². The molecule has 0 aliphatic carbocycles. The second-order valence-electron chi connectivity index (χ2n) is 5.10. The smallest absolute Gasteiger partial charge is 0.338 e. The molecule has 0 aliphatic heterocycles. The summed E-state index contributed by atoms with van der Waals surface area (Å²) < 4.78 is 19.5. The highest BCUT2D eigenvalue weighted by atomic mass is 19.1. The van der Waals surface area contributed by atoms with Gasteiger partial charge >= 0.3 is 11.7 Å². The molecule has 0 amide bonds. The molecule has 0 atom stereocenters. The van der Waals surface area contributed by atoms with Crippen LogP contribution < -0.4 is 5.69 Å². The Balaban J connectivity index is 1.57. The van der Waals surface area contributed by atoms with Crippen molar-refractivity contribution in [3.63, 3.8) is 0 Å². The van der Waals surface area contributed by atoms with Crippen molar-refractivity contribution in [1.82, 2.24) is 9.55 Å². The van der Waals surface area contributed by atoms with E-state index >= 15 is 0 Å². The van der Waals surface area contributed by atoms with Crippen molar-refractivity contribution in [2.24, 2.45) is 0 Å². The number of halogens is 1. The number of aromatic nitrogens is 2. The van der Waals surface area contributed by atoms with Gasteiger partial charge in [-0.15, -0.1) is 0 Å². The Morgan fingerprint density at radius 2 is 1.87 bits per heavy atom. The Kier molecular flexibility index (Phi) is 4.23. The Morgan fingerprint density at radius 3 is 2.65 bits per heavy atom. The number of carbonyl (C=O) groups excluding carboxylic acids is 1. The van der Waals surface area contributed by atoms with E-state index in [1.807, 2.05) is 24.3 Å². The monoisotopic (exact) mass is 314 g/mol. The van der Waals surface area contributed by atoms with Crippen molar-refractivity contribution >= 4 is 17.0 Å². The van der Waals surface area contributed by atoms with Gasteiger partial charge in [0.05, 0.1) is 23.2 Å². The first-order chi connectivity index (χ1) is 11.1. The van der Waals surface area contributed by atoms with Crippen LogP contribution in [-0.4, -0.2) is 22.1 Å². The predicted octanol–water partition coefficient (Wildman–Crippen LogP) is 2.72. The van der Waals surface area contributed by atoms with Gasteiger partial charge in [-0.3, -0.25) is 4.57 Å². The van der Waals surface area contributed by atoms with Crippen LogP contribution in [0.1, 0.15) is 16.8 Å². The van der Waals surface area contributed by atoms with E-state index in [4.69, 9.17) is 4.74 Å². The van der Waals surface area contributed by atoms with E-state index in [-0.39, 0.29) is 12.3 Å². The summed E-state index contributed by atoms with van der Waals surface area (Å²) in [6.45, 7) is 0.627. The summed E-state index contributed by atoms with van der Waals surface area (Å²) in [4.78, 5) is 26.4. The molecule has 3 aromatic rings. The molecule has 118 valence electrons. The van der Waals surface area contributed by atoms with E-state index in [0.29, 0.717) is 18.5 Å². The van der Waals surface area contributed by atoms with E-state index in [9.17, 15) is 14.0 Å². The number of nitrogens with one attached hydrogen (secondary N) is 1. The minimum absolute atomic E-state index is 0.183. The molecule has 1 heterocycles. The van der Waals surface area contributed by atoms with Gasteiger partial charge in [0.15, 0.2) is 0 Å². The van der Waals surface area contributed by atoms with Crippen LogP contribution in [0.25, 0.3) is 11.0 Å². The highest BCUT2D eigenvalue weighted by molar-refractivity contribution is 5.89. The summed E-state index contributed by atoms with van der Waals surface area (Å²) in [5.74, 6) is -0.906. The van der Waals surface area contributed by atoms with Crippen LogP contribution >= 0.6 is 0 Å². The number of imidazole rings is 1. The third kappa shape index (κ3) is 3.31. The first-order valence-corrected chi connectivity index (χ1v) is 7.25. The van der Waals surface area contributed by atoms with Crippen molar-refractivity contribution < 1.29 is 13.9 Å². The third-order valence-electron chi connectivity index (χ3n) is 3.52. The van der Waals surface area contributed by atoms with Gasteiger partial charge in [-0.1, -0.05) is 12.1 Å². The first-order valence-electron chi connectivity index (χ1n) is 7.25. The molecular formula is C17H15FN2O3. The number of esters is 1. The van der Waals surface area contributed by atoms with Gasteiger partial charge in [-0.2, -0.15) is 0 Å². The molecule has 2 aromatic carbocycles. The average Bonchev–Trinajstić information content (AvgIpc) is 2.87. The van der Waals surface area contributed by atoms with E-state index in [1.54, 1.807) is 4.57 Å². The first kappa shape index (κ1) is 15.0. The Hall–Kier alpha value is -2.89. The van der Waals surface area contributed by atoms with Gasteiger partial charge < -0.3 is 9.72 Å². The van der Waals surface area contributed by atoms with Crippen molar-refractivity contribution in [1.29, 1.82) is 0 Å². The Labute approximate surface area is 131 Å². The fourth-order valence-electron chi connectivity index (χ4n) is 2.39. The quantitative estimate of drug-likeness (QED) is 0.582. The SMILES string of the molecule is O=C(OCCCn1c(=O)[nH]c2ccccc21)c1ccc(F)cc1. The molecule has 0 spiro atoms. The molecule has 1 N–H and O–H groups in total. The number of carbonyl (C=O) groups is 1. The summed E-state index contributed by atoms with van der Waals surface area (Å²) in [7, 11) is 0. The molecule has 6 heteroatoms. The molecular weight excluding hydrogens is 299 g/mol. The number of rotatable bonds is 5. The highest BCUT2D eigenvalue weighted by Gasteiger charge is 2.08. The topological polar surface area (TPSA) is 64.1 Å². The van der Waals surface area contributed by atoms with Crippen LogP contribution in [-0.2, 0) is 11.3 Å². The maximum Gasteiger partial charge on any atom is 0.338 e. The zero-order valence-corrected chi connectivity index (χ0v) is 12.3. The summed E-state index contributed by atoms with van der Waals surface area (Å²) in [5.41, 5.74) is 1.72. The van der Waals surface area contributed by atoms with Crippen molar-refractivity contribution in [2.45, 2.75) is 13.0 Å². The molecule has 0 fully saturated rings. The van der Waals surface area contributed by atoms with Gasteiger partial charge in [0, 0.05) is 6.54 Å². The summed E-state index contributed by atoms with van der Waals surface area (Å²) >= 11 is 0. The number of aromatic amines is 1. The predicted molar refractivity (Wildman–Crippen MR) is 83.9 cm³/mol. The average molecular weight is 314 g/mol.